The molecule has 64 heavy (non-hydrogen) atoms. The van der Waals surface area contributed by atoms with Gasteiger partial charge in [-0.15, -0.1) is 0 Å². The molecule has 7 aromatic carbocycles. The molecule has 0 fully saturated rings. The third-order valence-electron chi connectivity index (χ3n) is 10.2. The van der Waals surface area contributed by atoms with Gasteiger partial charge in [0.25, 0.3) is 0 Å². The van der Waals surface area contributed by atoms with E-state index >= 15 is 0 Å². The molecule has 0 aliphatic carbocycles. The second-order valence-corrected chi connectivity index (χ2v) is 22.2. The lowest BCUT2D eigenvalue weighted by atomic mass is 10.1. The SMILES string of the molecule is Cc1cc(C)cc(P(Cc2ccccc2)C(C)(C)C)c1.Cc1cc(P(Cc2ccccc2)c2cc(C)cc(C(F)(F)F)c2)cc(C(F)(F)F)c1.Cc1ccccc1Oc1ccccc1. The molecule has 0 spiro atoms. The van der Waals surface area contributed by atoms with E-state index in [1.807, 2.05) is 79.7 Å². The molecule has 0 aliphatic rings. The summed E-state index contributed by atoms with van der Waals surface area (Å²) in [4.78, 5) is 0. The number of rotatable bonds is 9. The average molecular weight is 909 g/mol. The smallest absolute Gasteiger partial charge is 0.416 e. The van der Waals surface area contributed by atoms with Gasteiger partial charge in [0, 0.05) is 6.16 Å². The number of halogens is 6. The van der Waals surface area contributed by atoms with Gasteiger partial charge in [-0.1, -0.05) is 167 Å². The second-order valence-electron chi connectivity index (χ2n) is 17.0. The first-order valence-electron chi connectivity index (χ1n) is 21.0. The van der Waals surface area contributed by atoms with Gasteiger partial charge >= 0.3 is 12.4 Å². The van der Waals surface area contributed by atoms with E-state index in [1.165, 1.54) is 28.2 Å². The van der Waals surface area contributed by atoms with Crippen LogP contribution in [0.25, 0.3) is 0 Å². The Balaban J connectivity index is 0.000000195. The molecule has 7 rings (SSSR count). The monoisotopic (exact) mass is 908 g/mol. The number of para-hydroxylation sites is 2. The van der Waals surface area contributed by atoms with Crippen molar-refractivity contribution in [2.45, 2.75) is 85.2 Å². The van der Waals surface area contributed by atoms with Crippen molar-refractivity contribution < 1.29 is 31.1 Å². The first-order chi connectivity index (χ1) is 30.2. The van der Waals surface area contributed by atoms with E-state index in [1.54, 1.807) is 38.1 Å². The number of aryl methyl sites for hydroxylation is 5. The van der Waals surface area contributed by atoms with Crippen LogP contribution in [0.4, 0.5) is 26.3 Å². The van der Waals surface area contributed by atoms with Gasteiger partial charge < -0.3 is 4.74 Å². The Bertz CT molecular complexity index is 2460. The van der Waals surface area contributed by atoms with E-state index in [0.717, 1.165) is 46.9 Å². The molecule has 1 unspecified atom stereocenters. The van der Waals surface area contributed by atoms with Gasteiger partial charge in [0.2, 0.25) is 0 Å². The lowest BCUT2D eigenvalue weighted by molar-refractivity contribution is -0.138. The third-order valence-corrected chi connectivity index (χ3v) is 15.8. The molecule has 334 valence electrons. The summed E-state index contributed by atoms with van der Waals surface area (Å²) in [6, 6.07) is 52.3. The Morgan fingerprint density at radius 2 is 0.812 bits per heavy atom. The molecule has 0 amide bonds. The Morgan fingerprint density at radius 3 is 1.25 bits per heavy atom. The fourth-order valence-corrected chi connectivity index (χ4v) is 12.4. The van der Waals surface area contributed by atoms with Gasteiger partial charge in [0.15, 0.2) is 0 Å². The van der Waals surface area contributed by atoms with Crippen LogP contribution in [0.15, 0.2) is 170 Å². The summed E-state index contributed by atoms with van der Waals surface area (Å²) in [6.07, 6.45) is -7.54. The van der Waals surface area contributed by atoms with Crippen molar-refractivity contribution >= 4 is 31.8 Å². The summed E-state index contributed by atoms with van der Waals surface area (Å²) >= 11 is 0. The number of alkyl halides is 6. The van der Waals surface area contributed by atoms with E-state index in [2.05, 4.69) is 83.1 Å². The molecule has 1 nitrogen and oxygen atoms in total. The van der Waals surface area contributed by atoms with Crippen molar-refractivity contribution in [3.63, 3.8) is 0 Å². The average Bonchev–Trinajstić information content (AvgIpc) is 3.22. The molecule has 0 aliphatic heterocycles. The van der Waals surface area contributed by atoms with Crippen molar-refractivity contribution in [3.05, 3.63) is 220 Å². The van der Waals surface area contributed by atoms with Crippen molar-refractivity contribution in [2.24, 2.45) is 0 Å². The highest BCUT2D eigenvalue weighted by molar-refractivity contribution is 7.72. The summed E-state index contributed by atoms with van der Waals surface area (Å²) in [5, 5.41) is 2.67. The molecule has 0 aromatic heterocycles. The lowest BCUT2D eigenvalue weighted by Gasteiger charge is -2.32. The Kier molecular flexibility index (Phi) is 17.2. The van der Waals surface area contributed by atoms with Gasteiger partial charge in [-0.2, -0.15) is 26.3 Å². The molecular formula is C55H56F6OP2. The van der Waals surface area contributed by atoms with Crippen LogP contribution in [0.2, 0.25) is 0 Å². The number of benzene rings is 7. The van der Waals surface area contributed by atoms with E-state index in [0.29, 0.717) is 33.1 Å². The van der Waals surface area contributed by atoms with Crippen LogP contribution in [-0.4, -0.2) is 5.16 Å². The topological polar surface area (TPSA) is 9.23 Å². The Morgan fingerprint density at radius 1 is 0.422 bits per heavy atom. The minimum absolute atomic E-state index is 0.206. The lowest BCUT2D eigenvalue weighted by Crippen LogP contribution is -2.21. The molecule has 0 N–H and O–H groups in total. The highest BCUT2D eigenvalue weighted by Gasteiger charge is 2.34. The molecule has 0 saturated heterocycles. The Hall–Kier alpha value is -5.22. The maximum Gasteiger partial charge on any atom is 0.416 e. The fourth-order valence-electron chi connectivity index (χ4n) is 7.14. The van der Waals surface area contributed by atoms with Crippen LogP contribution in [0.3, 0.4) is 0 Å². The second kappa shape index (κ2) is 22.1. The number of hydrogen-bond acceptors (Lipinski definition) is 1. The van der Waals surface area contributed by atoms with Gasteiger partial charge in [-0.05, 0) is 140 Å². The standard InChI is InChI=1S/C23H19F6P.C19H25P.C13H12O/c1-15-8-18(22(24,25)26)12-20(10-15)30(14-17-6-4-3-5-7-17)21-11-16(2)9-19(13-21)23(27,28)29;1-15-11-16(2)13-18(12-15)20(19(3,4)5)14-17-9-7-6-8-10-17;1-11-7-5-6-10-13(11)14-12-8-3-2-4-9-12/h3-13H,14H2,1-2H3;6-13H,14H2,1-5H3;2-10H,1H3. The molecule has 0 radical (unpaired) electrons. The third kappa shape index (κ3) is 15.2. The summed E-state index contributed by atoms with van der Waals surface area (Å²) in [7, 11) is -1.69. The fraction of sp³-hybridized carbons (Fsp3) is 0.236. The summed E-state index contributed by atoms with van der Waals surface area (Å²) in [5.41, 5.74) is 5.48. The van der Waals surface area contributed by atoms with Crippen LogP contribution in [0, 0.1) is 34.6 Å². The van der Waals surface area contributed by atoms with E-state index < -0.39 is 31.4 Å². The molecule has 0 bridgehead atoms. The maximum atomic E-state index is 13.4. The first kappa shape index (κ1) is 49.8. The van der Waals surface area contributed by atoms with Gasteiger partial charge in [0.1, 0.15) is 11.5 Å². The minimum atomic E-state index is -4.53. The highest BCUT2D eigenvalue weighted by Crippen LogP contribution is 2.51. The van der Waals surface area contributed by atoms with E-state index in [-0.39, 0.29) is 7.92 Å². The van der Waals surface area contributed by atoms with Crippen LogP contribution in [-0.2, 0) is 24.7 Å². The normalized spacial score (nSPS) is 12.1. The summed E-state index contributed by atoms with van der Waals surface area (Å²) in [5.74, 6) is 1.79. The van der Waals surface area contributed by atoms with Gasteiger partial charge in [0.05, 0.1) is 11.1 Å². The van der Waals surface area contributed by atoms with Crippen LogP contribution >= 0.6 is 15.8 Å². The van der Waals surface area contributed by atoms with Gasteiger partial charge in [-0.25, -0.2) is 0 Å². The maximum absolute atomic E-state index is 13.4. The van der Waals surface area contributed by atoms with Crippen molar-refractivity contribution in [1.29, 1.82) is 0 Å². The van der Waals surface area contributed by atoms with Crippen molar-refractivity contribution in [1.82, 2.24) is 0 Å². The highest BCUT2D eigenvalue weighted by atomic mass is 31.1. The van der Waals surface area contributed by atoms with Crippen molar-refractivity contribution in [2.75, 3.05) is 0 Å². The summed E-state index contributed by atoms with van der Waals surface area (Å²) < 4.78 is 86.0. The first-order valence-corrected chi connectivity index (χ1v) is 24.1. The molecule has 7 aromatic rings. The molecule has 1 atom stereocenters. The quantitative estimate of drug-likeness (QED) is 0.104. The molecular weight excluding hydrogens is 853 g/mol. The predicted octanol–water partition coefficient (Wildman–Crippen LogP) is 16.2. The predicted molar refractivity (Wildman–Crippen MR) is 259 cm³/mol. The zero-order valence-corrected chi connectivity index (χ0v) is 39.4. The van der Waals surface area contributed by atoms with Crippen LogP contribution < -0.4 is 20.7 Å². The molecule has 0 heterocycles. The van der Waals surface area contributed by atoms with E-state index in [4.69, 9.17) is 4.74 Å². The zero-order valence-electron chi connectivity index (χ0n) is 37.7. The van der Waals surface area contributed by atoms with Gasteiger partial charge in [-0.3, -0.25) is 0 Å². The largest absolute Gasteiger partial charge is 0.457 e. The number of hydrogen-bond donors (Lipinski definition) is 0. The van der Waals surface area contributed by atoms with Crippen LogP contribution in [0.5, 0.6) is 11.5 Å². The van der Waals surface area contributed by atoms with Crippen LogP contribution in [0.1, 0.15) is 70.8 Å². The van der Waals surface area contributed by atoms with Crippen molar-refractivity contribution in [3.8, 4) is 11.5 Å². The number of ether oxygens (including phenoxy) is 1. The molecule has 0 saturated carbocycles. The summed E-state index contributed by atoms with van der Waals surface area (Å²) in [6.45, 7) is 16.7. The zero-order chi connectivity index (χ0) is 46.7. The Labute approximate surface area is 378 Å². The minimum Gasteiger partial charge on any atom is -0.457 e. The van der Waals surface area contributed by atoms with E-state index in [9.17, 15) is 26.3 Å². The molecule has 9 heteroatoms.